The van der Waals surface area contributed by atoms with Crippen molar-refractivity contribution in [3.8, 4) is 0 Å². The van der Waals surface area contributed by atoms with Crippen molar-refractivity contribution in [2.75, 3.05) is 5.32 Å². The SMILES string of the molecule is CC(C)c1ccc(CCC(=O)Nc2ccc3c(c2)oc2ccccc23)cc1. The number of aryl methyl sites for hydroxylation is 1. The van der Waals surface area contributed by atoms with Crippen LogP contribution in [0.25, 0.3) is 21.9 Å². The average molecular weight is 357 g/mol. The first kappa shape index (κ1) is 17.3. The molecule has 0 aliphatic heterocycles. The molecule has 0 bridgehead atoms. The van der Waals surface area contributed by atoms with E-state index in [-0.39, 0.29) is 5.91 Å². The van der Waals surface area contributed by atoms with Crippen molar-refractivity contribution < 1.29 is 9.21 Å². The van der Waals surface area contributed by atoms with E-state index in [2.05, 4.69) is 43.4 Å². The Bertz CT molecular complexity index is 1090. The molecule has 1 amide bonds. The van der Waals surface area contributed by atoms with Crippen LogP contribution in [0.3, 0.4) is 0 Å². The highest BCUT2D eigenvalue weighted by Crippen LogP contribution is 2.30. The van der Waals surface area contributed by atoms with Crippen LogP contribution in [-0.2, 0) is 11.2 Å². The van der Waals surface area contributed by atoms with Crippen molar-refractivity contribution in [2.24, 2.45) is 0 Å². The summed E-state index contributed by atoms with van der Waals surface area (Å²) in [5.74, 6) is 0.536. The van der Waals surface area contributed by atoms with Crippen LogP contribution in [0.5, 0.6) is 0 Å². The number of amides is 1. The second-order valence-corrected chi connectivity index (χ2v) is 7.25. The molecular weight excluding hydrogens is 334 g/mol. The molecule has 0 fully saturated rings. The lowest BCUT2D eigenvalue weighted by atomic mass is 10.0. The van der Waals surface area contributed by atoms with Crippen molar-refractivity contribution in [2.45, 2.75) is 32.6 Å². The minimum atomic E-state index is 0.0124. The minimum Gasteiger partial charge on any atom is -0.456 e. The number of furan rings is 1. The van der Waals surface area contributed by atoms with Crippen LogP contribution < -0.4 is 5.32 Å². The van der Waals surface area contributed by atoms with Gasteiger partial charge in [0.15, 0.2) is 0 Å². The maximum atomic E-state index is 12.3. The van der Waals surface area contributed by atoms with Gasteiger partial charge in [0.1, 0.15) is 11.2 Å². The monoisotopic (exact) mass is 357 g/mol. The van der Waals surface area contributed by atoms with Gasteiger partial charge in [0, 0.05) is 28.9 Å². The first-order valence-corrected chi connectivity index (χ1v) is 9.40. The molecule has 0 radical (unpaired) electrons. The van der Waals surface area contributed by atoms with E-state index in [0.29, 0.717) is 12.3 Å². The van der Waals surface area contributed by atoms with Gasteiger partial charge in [-0.05, 0) is 41.7 Å². The van der Waals surface area contributed by atoms with Gasteiger partial charge >= 0.3 is 0 Å². The second kappa shape index (κ2) is 7.28. The Balaban J connectivity index is 1.42. The molecule has 0 saturated heterocycles. The van der Waals surface area contributed by atoms with Crippen molar-refractivity contribution >= 4 is 33.5 Å². The molecule has 1 N–H and O–H groups in total. The van der Waals surface area contributed by atoms with E-state index >= 15 is 0 Å². The fourth-order valence-corrected chi connectivity index (χ4v) is 3.35. The van der Waals surface area contributed by atoms with Crippen LogP contribution in [0.2, 0.25) is 0 Å². The lowest BCUT2D eigenvalue weighted by molar-refractivity contribution is -0.116. The van der Waals surface area contributed by atoms with E-state index in [4.69, 9.17) is 4.42 Å². The van der Waals surface area contributed by atoms with Gasteiger partial charge in [-0.3, -0.25) is 4.79 Å². The number of anilines is 1. The molecule has 3 heteroatoms. The van der Waals surface area contributed by atoms with Gasteiger partial charge in [-0.2, -0.15) is 0 Å². The lowest BCUT2D eigenvalue weighted by Crippen LogP contribution is -2.12. The summed E-state index contributed by atoms with van der Waals surface area (Å²) in [5, 5.41) is 5.14. The van der Waals surface area contributed by atoms with Crippen LogP contribution in [-0.4, -0.2) is 5.91 Å². The van der Waals surface area contributed by atoms with Gasteiger partial charge in [-0.25, -0.2) is 0 Å². The van der Waals surface area contributed by atoms with E-state index in [1.807, 2.05) is 42.5 Å². The number of fused-ring (bicyclic) bond motifs is 3. The lowest BCUT2D eigenvalue weighted by Gasteiger charge is -2.08. The van der Waals surface area contributed by atoms with Crippen LogP contribution in [0.1, 0.15) is 37.3 Å². The van der Waals surface area contributed by atoms with E-state index in [9.17, 15) is 4.79 Å². The average Bonchev–Trinajstić information content (AvgIpc) is 3.04. The standard InChI is InChI=1S/C24H23NO2/c1-16(2)18-10-7-17(8-11-18)9-14-24(26)25-19-12-13-21-20-5-3-4-6-22(20)27-23(21)15-19/h3-8,10-13,15-16H,9,14H2,1-2H3,(H,25,26). The maximum Gasteiger partial charge on any atom is 0.224 e. The quantitative estimate of drug-likeness (QED) is 0.457. The number of benzene rings is 3. The number of hydrogen-bond donors (Lipinski definition) is 1. The Morgan fingerprint density at radius 3 is 2.44 bits per heavy atom. The largest absolute Gasteiger partial charge is 0.456 e. The highest BCUT2D eigenvalue weighted by Gasteiger charge is 2.09. The molecule has 0 spiro atoms. The zero-order valence-corrected chi connectivity index (χ0v) is 15.7. The zero-order valence-electron chi connectivity index (χ0n) is 15.7. The fraction of sp³-hybridized carbons (Fsp3) is 0.208. The highest BCUT2D eigenvalue weighted by molar-refractivity contribution is 6.06. The summed E-state index contributed by atoms with van der Waals surface area (Å²) in [6.45, 7) is 4.36. The van der Waals surface area contributed by atoms with Crippen LogP contribution in [0, 0.1) is 0 Å². The molecule has 27 heavy (non-hydrogen) atoms. The molecule has 3 aromatic carbocycles. The summed E-state index contributed by atoms with van der Waals surface area (Å²) in [6.07, 6.45) is 1.19. The fourth-order valence-electron chi connectivity index (χ4n) is 3.35. The maximum absolute atomic E-state index is 12.3. The summed E-state index contributed by atoms with van der Waals surface area (Å²) in [6, 6.07) is 22.3. The number of rotatable bonds is 5. The van der Waals surface area contributed by atoms with Gasteiger partial charge in [0.05, 0.1) is 0 Å². The third kappa shape index (κ3) is 3.72. The number of carbonyl (C=O) groups excluding carboxylic acids is 1. The van der Waals surface area contributed by atoms with Crippen molar-refractivity contribution in [3.63, 3.8) is 0 Å². The van der Waals surface area contributed by atoms with Crippen molar-refractivity contribution in [1.82, 2.24) is 0 Å². The van der Waals surface area contributed by atoms with Gasteiger partial charge in [-0.1, -0.05) is 56.3 Å². The van der Waals surface area contributed by atoms with Gasteiger partial charge in [-0.15, -0.1) is 0 Å². The second-order valence-electron chi connectivity index (χ2n) is 7.25. The van der Waals surface area contributed by atoms with Crippen LogP contribution >= 0.6 is 0 Å². The molecule has 1 aromatic heterocycles. The van der Waals surface area contributed by atoms with Crippen LogP contribution in [0.4, 0.5) is 5.69 Å². The summed E-state index contributed by atoms with van der Waals surface area (Å²) in [4.78, 5) is 12.3. The van der Waals surface area contributed by atoms with E-state index in [0.717, 1.165) is 34.0 Å². The van der Waals surface area contributed by atoms with E-state index in [1.54, 1.807) is 0 Å². The Labute approximate surface area is 159 Å². The van der Waals surface area contributed by atoms with Gasteiger partial charge in [0.25, 0.3) is 0 Å². The molecule has 0 atom stereocenters. The topological polar surface area (TPSA) is 42.2 Å². The molecule has 1 heterocycles. The van der Waals surface area contributed by atoms with E-state index < -0.39 is 0 Å². The smallest absolute Gasteiger partial charge is 0.224 e. The third-order valence-corrected chi connectivity index (χ3v) is 4.95. The number of nitrogens with one attached hydrogen (secondary N) is 1. The number of carbonyl (C=O) groups is 1. The summed E-state index contributed by atoms with van der Waals surface area (Å²) >= 11 is 0. The molecular formula is C24H23NO2. The Hall–Kier alpha value is -3.07. The molecule has 4 aromatic rings. The van der Waals surface area contributed by atoms with E-state index in [1.165, 1.54) is 11.1 Å². The van der Waals surface area contributed by atoms with Crippen LogP contribution in [0.15, 0.2) is 71.1 Å². The number of para-hydroxylation sites is 1. The Morgan fingerprint density at radius 2 is 1.67 bits per heavy atom. The van der Waals surface area contributed by atoms with Crippen molar-refractivity contribution in [1.29, 1.82) is 0 Å². The predicted molar refractivity (Wildman–Crippen MR) is 111 cm³/mol. The summed E-state index contributed by atoms with van der Waals surface area (Å²) < 4.78 is 5.88. The van der Waals surface area contributed by atoms with Gasteiger partial charge < -0.3 is 9.73 Å². The Morgan fingerprint density at radius 1 is 0.926 bits per heavy atom. The molecule has 3 nitrogen and oxygen atoms in total. The molecule has 136 valence electrons. The highest BCUT2D eigenvalue weighted by atomic mass is 16.3. The summed E-state index contributed by atoms with van der Waals surface area (Å²) in [5.41, 5.74) is 4.92. The normalized spacial score (nSPS) is 11.4. The predicted octanol–water partition coefficient (Wildman–Crippen LogP) is 6.28. The zero-order chi connectivity index (χ0) is 18.8. The third-order valence-electron chi connectivity index (χ3n) is 4.95. The first-order chi connectivity index (χ1) is 13.1. The first-order valence-electron chi connectivity index (χ1n) is 9.40. The minimum absolute atomic E-state index is 0.0124. The summed E-state index contributed by atoms with van der Waals surface area (Å²) in [7, 11) is 0. The molecule has 4 rings (SSSR count). The molecule has 0 saturated carbocycles. The number of hydrogen-bond acceptors (Lipinski definition) is 2. The molecule has 0 unspecified atom stereocenters. The Kier molecular flexibility index (Phi) is 4.68. The molecule has 0 aliphatic rings. The molecule has 0 aliphatic carbocycles. The van der Waals surface area contributed by atoms with Gasteiger partial charge in [0.2, 0.25) is 5.91 Å². The van der Waals surface area contributed by atoms with Crippen molar-refractivity contribution in [3.05, 3.63) is 77.9 Å².